The van der Waals surface area contributed by atoms with E-state index in [4.69, 9.17) is 9.47 Å². The van der Waals surface area contributed by atoms with E-state index in [1.54, 1.807) is 25.4 Å². The van der Waals surface area contributed by atoms with Crippen LogP contribution in [0.15, 0.2) is 72.9 Å². The zero-order chi connectivity index (χ0) is 20.5. The standard InChI is InChI=1S/C23H25N3O3/c1-3-26(19-7-5-4-6-8-19)22-17-18(13-14-24-22)23(27)25-15-16-29-21-11-9-20(28-2)10-12-21/h4-14,17H,3,15-16H2,1-2H3,(H,25,27). The number of rotatable bonds is 9. The maximum Gasteiger partial charge on any atom is 0.251 e. The second kappa shape index (κ2) is 10.1. The Balaban J connectivity index is 1.56. The summed E-state index contributed by atoms with van der Waals surface area (Å²) in [5, 5.41) is 2.88. The molecule has 3 rings (SSSR count). The Kier molecular flexibility index (Phi) is 7.05. The molecule has 0 radical (unpaired) electrons. The highest BCUT2D eigenvalue weighted by atomic mass is 16.5. The van der Waals surface area contributed by atoms with E-state index in [9.17, 15) is 4.79 Å². The first-order valence-electron chi connectivity index (χ1n) is 9.55. The van der Waals surface area contributed by atoms with Gasteiger partial charge >= 0.3 is 0 Å². The van der Waals surface area contributed by atoms with Gasteiger partial charge in [-0.05, 0) is 55.5 Å². The molecule has 1 N–H and O–H groups in total. The quantitative estimate of drug-likeness (QED) is 0.558. The van der Waals surface area contributed by atoms with E-state index in [1.807, 2.05) is 54.6 Å². The van der Waals surface area contributed by atoms with Gasteiger partial charge in [0.1, 0.15) is 23.9 Å². The fourth-order valence-electron chi connectivity index (χ4n) is 2.90. The number of anilines is 2. The minimum Gasteiger partial charge on any atom is -0.497 e. The molecule has 0 saturated carbocycles. The highest BCUT2D eigenvalue weighted by molar-refractivity contribution is 5.95. The number of nitrogens with one attached hydrogen (secondary N) is 1. The van der Waals surface area contributed by atoms with Gasteiger partial charge in [-0.3, -0.25) is 4.79 Å². The molecular weight excluding hydrogens is 366 g/mol. The van der Waals surface area contributed by atoms with E-state index in [-0.39, 0.29) is 5.91 Å². The first-order valence-corrected chi connectivity index (χ1v) is 9.55. The van der Waals surface area contributed by atoms with Crippen molar-refractivity contribution in [1.29, 1.82) is 0 Å². The van der Waals surface area contributed by atoms with Crippen LogP contribution in [0.4, 0.5) is 11.5 Å². The number of benzene rings is 2. The molecule has 6 heteroatoms. The molecule has 0 saturated heterocycles. The van der Waals surface area contributed by atoms with Crippen molar-refractivity contribution in [3.05, 3.63) is 78.5 Å². The molecule has 0 aliphatic rings. The monoisotopic (exact) mass is 391 g/mol. The van der Waals surface area contributed by atoms with Gasteiger partial charge in [-0.15, -0.1) is 0 Å². The summed E-state index contributed by atoms with van der Waals surface area (Å²) in [7, 11) is 1.62. The molecule has 0 fully saturated rings. The fourth-order valence-corrected chi connectivity index (χ4v) is 2.90. The van der Waals surface area contributed by atoms with Crippen molar-refractivity contribution in [2.24, 2.45) is 0 Å². The number of carbonyl (C=O) groups is 1. The Bertz CT molecular complexity index is 914. The zero-order valence-corrected chi connectivity index (χ0v) is 16.7. The van der Waals surface area contributed by atoms with E-state index in [1.165, 1.54) is 0 Å². The van der Waals surface area contributed by atoms with Crippen LogP contribution in [0.3, 0.4) is 0 Å². The predicted octanol–water partition coefficient (Wildman–Crippen LogP) is 4.06. The molecule has 1 aromatic heterocycles. The first-order chi connectivity index (χ1) is 14.2. The summed E-state index contributed by atoms with van der Waals surface area (Å²) in [6.07, 6.45) is 1.66. The van der Waals surface area contributed by atoms with E-state index < -0.39 is 0 Å². The summed E-state index contributed by atoms with van der Waals surface area (Å²) < 4.78 is 10.8. The molecule has 29 heavy (non-hydrogen) atoms. The Morgan fingerprint density at radius 1 is 1.03 bits per heavy atom. The number of hydrogen-bond acceptors (Lipinski definition) is 5. The average molecular weight is 391 g/mol. The minimum absolute atomic E-state index is 0.156. The number of methoxy groups -OCH3 is 1. The summed E-state index contributed by atoms with van der Waals surface area (Å²) in [5.41, 5.74) is 1.60. The van der Waals surface area contributed by atoms with Gasteiger partial charge in [0.15, 0.2) is 0 Å². The van der Waals surface area contributed by atoms with Crippen molar-refractivity contribution in [1.82, 2.24) is 10.3 Å². The molecule has 0 aliphatic carbocycles. The maximum atomic E-state index is 12.5. The topological polar surface area (TPSA) is 63.7 Å². The highest BCUT2D eigenvalue weighted by Crippen LogP contribution is 2.23. The smallest absolute Gasteiger partial charge is 0.251 e. The van der Waals surface area contributed by atoms with Crippen LogP contribution in [-0.2, 0) is 0 Å². The third-order valence-electron chi connectivity index (χ3n) is 4.38. The number of carbonyl (C=O) groups excluding carboxylic acids is 1. The largest absolute Gasteiger partial charge is 0.497 e. The fraction of sp³-hybridized carbons (Fsp3) is 0.217. The predicted molar refractivity (Wildman–Crippen MR) is 114 cm³/mol. The first kappa shape index (κ1) is 20.2. The van der Waals surface area contributed by atoms with Gasteiger partial charge in [0.2, 0.25) is 0 Å². The molecular formula is C23H25N3O3. The van der Waals surface area contributed by atoms with Gasteiger partial charge in [0.25, 0.3) is 5.91 Å². The summed E-state index contributed by atoms with van der Waals surface area (Å²) in [4.78, 5) is 19.0. The summed E-state index contributed by atoms with van der Waals surface area (Å²) in [6.45, 7) is 3.58. The van der Waals surface area contributed by atoms with Crippen LogP contribution >= 0.6 is 0 Å². The van der Waals surface area contributed by atoms with E-state index in [0.717, 1.165) is 29.5 Å². The van der Waals surface area contributed by atoms with Crippen molar-refractivity contribution < 1.29 is 14.3 Å². The van der Waals surface area contributed by atoms with E-state index in [0.29, 0.717) is 18.7 Å². The molecule has 0 unspecified atom stereocenters. The van der Waals surface area contributed by atoms with E-state index >= 15 is 0 Å². The molecule has 0 bridgehead atoms. The third kappa shape index (κ3) is 5.48. The number of aromatic nitrogens is 1. The number of para-hydroxylation sites is 1. The molecule has 0 aliphatic heterocycles. The summed E-state index contributed by atoms with van der Waals surface area (Å²) in [5.74, 6) is 2.08. The lowest BCUT2D eigenvalue weighted by Crippen LogP contribution is -2.28. The molecule has 0 spiro atoms. The van der Waals surface area contributed by atoms with Crippen LogP contribution in [0, 0.1) is 0 Å². The van der Waals surface area contributed by atoms with Crippen LogP contribution in [0.1, 0.15) is 17.3 Å². The van der Waals surface area contributed by atoms with Gasteiger partial charge in [-0.25, -0.2) is 4.98 Å². The summed E-state index contributed by atoms with van der Waals surface area (Å²) >= 11 is 0. The molecule has 0 atom stereocenters. The van der Waals surface area contributed by atoms with Crippen LogP contribution in [0.5, 0.6) is 11.5 Å². The van der Waals surface area contributed by atoms with Crippen molar-refractivity contribution in [2.45, 2.75) is 6.92 Å². The molecule has 150 valence electrons. The SMILES string of the molecule is CCN(c1ccccc1)c1cc(C(=O)NCCOc2ccc(OC)cc2)ccn1. The summed E-state index contributed by atoms with van der Waals surface area (Å²) in [6, 6.07) is 20.8. The molecule has 3 aromatic rings. The molecule has 6 nitrogen and oxygen atoms in total. The normalized spacial score (nSPS) is 10.3. The number of pyridine rings is 1. The van der Waals surface area contributed by atoms with Gasteiger partial charge in [0.05, 0.1) is 13.7 Å². The van der Waals surface area contributed by atoms with Crippen molar-refractivity contribution >= 4 is 17.4 Å². The number of amides is 1. The van der Waals surface area contributed by atoms with Crippen LogP contribution in [0.25, 0.3) is 0 Å². The molecule has 1 heterocycles. The molecule has 1 amide bonds. The Morgan fingerprint density at radius 2 is 1.76 bits per heavy atom. The van der Waals surface area contributed by atoms with Gasteiger partial charge < -0.3 is 19.7 Å². The average Bonchev–Trinajstić information content (AvgIpc) is 2.78. The number of hydrogen-bond donors (Lipinski definition) is 1. The Hall–Kier alpha value is -3.54. The molecule has 2 aromatic carbocycles. The Labute approximate surface area is 171 Å². The second-order valence-electron chi connectivity index (χ2n) is 6.26. The third-order valence-corrected chi connectivity index (χ3v) is 4.38. The maximum absolute atomic E-state index is 12.5. The minimum atomic E-state index is -0.156. The lowest BCUT2D eigenvalue weighted by molar-refractivity contribution is 0.0947. The van der Waals surface area contributed by atoms with Gasteiger partial charge in [-0.1, -0.05) is 18.2 Å². The number of nitrogens with zero attached hydrogens (tertiary/aromatic N) is 2. The lowest BCUT2D eigenvalue weighted by Gasteiger charge is -2.22. The number of ether oxygens (including phenoxy) is 2. The highest BCUT2D eigenvalue weighted by Gasteiger charge is 2.12. The van der Waals surface area contributed by atoms with Crippen LogP contribution in [0.2, 0.25) is 0 Å². The second-order valence-corrected chi connectivity index (χ2v) is 6.26. The van der Waals surface area contributed by atoms with E-state index in [2.05, 4.69) is 22.1 Å². The van der Waals surface area contributed by atoms with Gasteiger partial charge in [-0.2, -0.15) is 0 Å². The van der Waals surface area contributed by atoms with Gasteiger partial charge in [0, 0.05) is 24.0 Å². The van der Waals surface area contributed by atoms with Crippen LogP contribution < -0.4 is 19.7 Å². The van der Waals surface area contributed by atoms with Crippen molar-refractivity contribution in [2.75, 3.05) is 31.7 Å². The van der Waals surface area contributed by atoms with Crippen molar-refractivity contribution in [3.8, 4) is 11.5 Å². The Morgan fingerprint density at radius 3 is 2.45 bits per heavy atom. The van der Waals surface area contributed by atoms with Crippen molar-refractivity contribution in [3.63, 3.8) is 0 Å². The zero-order valence-electron chi connectivity index (χ0n) is 16.7. The lowest BCUT2D eigenvalue weighted by atomic mass is 10.2. The van der Waals surface area contributed by atoms with Crippen LogP contribution in [-0.4, -0.2) is 37.7 Å².